The lowest BCUT2D eigenvalue weighted by Crippen LogP contribution is -2.44. The van der Waals surface area contributed by atoms with Crippen LogP contribution >= 0.6 is 0 Å². The fourth-order valence-electron chi connectivity index (χ4n) is 3.22. The third-order valence-corrected chi connectivity index (χ3v) is 5.99. The quantitative estimate of drug-likeness (QED) is 0.768. The van der Waals surface area contributed by atoms with Crippen molar-refractivity contribution in [3.8, 4) is 0 Å². The Morgan fingerprint density at radius 2 is 1.90 bits per heavy atom. The monoisotopic (exact) mass is 314 g/mol. The minimum Gasteiger partial charge on any atom is -0.302 e. The lowest BCUT2D eigenvalue weighted by molar-refractivity contribution is 0.189. The van der Waals surface area contributed by atoms with E-state index in [9.17, 15) is 8.42 Å². The van der Waals surface area contributed by atoms with Gasteiger partial charge in [-0.1, -0.05) is 11.5 Å². The first kappa shape index (κ1) is 14.9. The number of sulfonamides is 1. The zero-order valence-electron chi connectivity index (χ0n) is 12.3. The van der Waals surface area contributed by atoms with Crippen LogP contribution in [0.15, 0.2) is 5.16 Å². The number of hydrogen-bond donors (Lipinski definition) is 0. The third-order valence-electron chi connectivity index (χ3n) is 4.27. The molecule has 0 bridgehead atoms. The summed E-state index contributed by atoms with van der Waals surface area (Å²) in [5.41, 5.74) is 0. The molecule has 2 saturated heterocycles. The van der Waals surface area contributed by atoms with Crippen molar-refractivity contribution in [2.75, 3.05) is 26.2 Å². The van der Waals surface area contributed by atoms with Crippen molar-refractivity contribution >= 4 is 10.0 Å². The van der Waals surface area contributed by atoms with E-state index < -0.39 is 10.0 Å². The predicted molar refractivity (Wildman–Crippen MR) is 76.0 cm³/mol. The number of piperidine rings is 1. The molecule has 2 aliphatic heterocycles. The van der Waals surface area contributed by atoms with Gasteiger partial charge < -0.3 is 4.90 Å². The Morgan fingerprint density at radius 3 is 2.57 bits per heavy atom. The van der Waals surface area contributed by atoms with Crippen molar-refractivity contribution in [1.29, 1.82) is 0 Å². The van der Waals surface area contributed by atoms with E-state index in [1.165, 1.54) is 24.1 Å². The van der Waals surface area contributed by atoms with Crippen molar-refractivity contribution in [3.05, 3.63) is 0 Å². The van der Waals surface area contributed by atoms with Gasteiger partial charge in [0.15, 0.2) is 0 Å². The number of tetrazole rings is 1. The van der Waals surface area contributed by atoms with Crippen LogP contribution in [0, 0.1) is 0 Å². The van der Waals surface area contributed by atoms with Gasteiger partial charge in [0.05, 0.1) is 7.05 Å². The van der Waals surface area contributed by atoms with Gasteiger partial charge in [-0.3, -0.25) is 0 Å². The molecule has 9 heteroatoms. The molecule has 0 saturated carbocycles. The number of hydrogen-bond acceptors (Lipinski definition) is 6. The van der Waals surface area contributed by atoms with Gasteiger partial charge in [-0.15, -0.1) is 5.10 Å². The SMILES string of the molecule is Cn1nnc(S(=O)(=O)N2CCCC2CN2CCCCC2)n1. The molecule has 0 spiro atoms. The van der Waals surface area contributed by atoms with E-state index in [2.05, 4.69) is 20.3 Å². The molecule has 1 unspecified atom stereocenters. The van der Waals surface area contributed by atoms with Crippen molar-refractivity contribution in [2.45, 2.75) is 43.3 Å². The second kappa shape index (κ2) is 5.98. The van der Waals surface area contributed by atoms with E-state index in [1.807, 2.05) is 0 Å². The van der Waals surface area contributed by atoms with Crippen LogP contribution in [0.5, 0.6) is 0 Å². The molecule has 1 aromatic heterocycles. The maximum atomic E-state index is 12.6. The van der Waals surface area contributed by atoms with E-state index in [4.69, 9.17) is 0 Å². The normalized spacial score (nSPS) is 25.5. The summed E-state index contributed by atoms with van der Waals surface area (Å²) in [6.07, 6.45) is 5.52. The number of nitrogens with zero attached hydrogens (tertiary/aromatic N) is 6. The Hall–Kier alpha value is -1.06. The second-order valence-corrected chi connectivity index (χ2v) is 7.62. The summed E-state index contributed by atoms with van der Waals surface area (Å²) in [5, 5.41) is 11.0. The molecule has 118 valence electrons. The van der Waals surface area contributed by atoms with Gasteiger partial charge in [-0.05, 0) is 44.0 Å². The highest BCUT2D eigenvalue weighted by Gasteiger charge is 2.38. The van der Waals surface area contributed by atoms with Gasteiger partial charge in [-0.25, -0.2) is 8.42 Å². The van der Waals surface area contributed by atoms with Crippen molar-refractivity contribution < 1.29 is 8.42 Å². The number of aromatic nitrogens is 4. The zero-order valence-corrected chi connectivity index (χ0v) is 13.2. The van der Waals surface area contributed by atoms with Crippen LogP contribution in [-0.2, 0) is 17.1 Å². The van der Waals surface area contributed by atoms with Crippen LogP contribution < -0.4 is 0 Å². The summed E-state index contributed by atoms with van der Waals surface area (Å²) in [4.78, 5) is 3.56. The van der Waals surface area contributed by atoms with Crippen LogP contribution in [0.3, 0.4) is 0 Å². The highest BCUT2D eigenvalue weighted by Crippen LogP contribution is 2.25. The lowest BCUT2D eigenvalue weighted by Gasteiger charge is -2.31. The molecule has 3 rings (SSSR count). The maximum absolute atomic E-state index is 12.6. The first-order valence-electron chi connectivity index (χ1n) is 7.55. The Balaban J connectivity index is 1.73. The van der Waals surface area contributed by atoms with Gasteiger partial charge >= 0.3 is 5.16 Å². The van der Waals surface area contributed by atoms with E-state index in [0.29, 0.717) is 6.54 Å². The van der Waals surface area contributed by atoms with E-state index in [0.717, 1.165) is 32.5 Å². The molecule has 0 aromatic carbocycles. The minimum atomic E-state index is -3.62. The van der Waals surface area contributed by atoms with E-state index in [1.54, 1.807) is 11.4 Å². The predicted octanol–water partition coefficient (Wildman–Crippen LogP) is -0.151. The van der Waals surface area contributed by atoms with Gasteiger partial charge in [0.25, 0.3) is 10.0 Å². The van der Waals surface area contributed by atoms with Crippen LogP contribution in [0.25, 0.3) is 0 Å². The van der Waals surface area contributed by atoms with Crippen LogP contribution in [0.4, 0.5) is 0 Å². The molecule has 8 nitrogen and oxygen atoms in total. The average molecular weight is 314 g/mol. The molecule has 3 heterocycles. The Labute approximate surface area is 125 Å². The minimum absolute atomic E-state index is 0.0388. The topological polar surface area (TPSA) is 84.2 Å². The van der Waals surface area contributed by atoms with Gasteiger partial charge in [-0.2, -0.15) is 9.10 Å². The number of aryl methyl sites for hydroxylation is 1. The molecule has 0 N–H and O–H groups in total. The largest absolute Gasteiger partial charge is 0.303 e. The summed E-state index contributed by atoms with van der Waals surface area (Å²) >= 11 is 0. The fourth-order valence-corrected chi connectivity index (χ4v) is 4.73. The zero-order chi connectivity index (χ0) is 14.9. The molecule has 0 amide bonds. The highest BCUT2D eigenvalue weighted by molar-refractivity contribution is 7.89. The molecular weight excluding hydrogens is 292 g/mol. The average Bonchev–Trinajstić information content (AvgIpc) is 3.09. The molecule has 0 radical (unpaired) electrons. The smallest absolute Gasteiger partial charge is 0.302 e. The van der Waals surface area contributed by atoms with Gasteiger partial charge in [0.2, 0.25) is 0 Å². The van der Waals surface area contributed by atoms with Crippen molar-refractivity contribution in [1.82, 2.24) is 29.4 Å². The van der Waals surface area contributed by atoms with E-state index in [-0.39, 0.29) is 11.2 Å². The third kappa shape index (κ3) is 3.09. The van der Waals surface area contributed by atoms with Crippen molar-refractivity contribution in [2.24, 2.45) is 7.05 Å². The lowest BCUT2D eigenvalue weighted by atomic mass is 10.1. The molecule has 2 aliphatic rings. The summed E-state index contributed by atoms with van der Waals surface area (Å²) in [6, 6.07) is 0.0388. The Kier molecular flexibility index (Phi) is 4.23. The summed E-state index contributed by atoms with van der Waals surface area (Å²) < 4.78 is 26.8. The molecule has 0 aliphatic carbocycles. The van der Waals surface area contributed by atoms with Crippen LogP contribution in [0.1, 0.15) is 32.1 Å². The van der Waals surface area contributed by atoms with Gasteiger partial charge in [0.1, 0.15) is 0 Å². The highest BCUT2D eigenvalue weighted by atomic mass is 32.2. The summed E-state index contributed by atoms with van der Waals surface area (Å²) in [7, 11) is -2.05. The Morgan fingerprint density at radius 1 is 1.14 bits per heavy atom. The standard InChI is InChI=1S/C12H22N6O2S/c1-16-14-12(13-15-16)21(19,20)18-9-5-6-11(18)10-17-7-3-2-4-8-17/h11H,2-10H2,1H3. The van der Waals surface area contributed by atoms with Crippen molar-refractivity contribution in [3.63, 3.8) is 0 Å². The summed E-state index contributed by atoms with van der Waals surface area (Å²) in [5.74, 6) is 0. The Bertz CT molecular complexity index is 580. The van der Waals surface area contributed by atoms with Crippen LogP contribution in [0.2, 0.25) is 0 Å². The molecule has 21 heavy (non-hydrogen) atoms. The molecule has 1 atom stereocenters. The molecular formula is C12H22N6O2S. The second-order valence-electron chi connectivity index (χ2n) is 5.83. The summed E-state index contributed by atoms with van der Waals surface area (Å²) in [6.45, 7) is 3.53. The first-order chi connectivity index (χ1) is 10.1. The number of rotatable bonds is 4. The molecule has 2 fully saturated rings. The maximum Gasteiger partial charge on any atom is 0.303 e. The van der Waals surface area contributed by atoms with Crippen LogP contribution in [-0.4, -0.2) is 70.1 Å². The van der Waals surface area contributed by atoms with Gasteiger partial charge in [0, 0.05) is 19.1 Å². The van der Waals surface area contributed by atoms with E-state index >= 15 is 0 Å². The first-order valence-corrected chi connectivity index (χ1v) is 8.99. The molecule has 1 aromatic rings. The fraction of sp³-hybridized carbons (Fsp3) is 0.917. The number of likely N-dealkylation sites (tertiary alicyclic amines) is 1.